The number of ketones is 2. The van der Waals surface area contributed by atoms with Crippen molar-refractivity contribution in [3.63, 3.8) is 0 Å². The highest BCUT2D eigenvalue weighted by molar-refractivity contribution is 6.02. The number of nitrogens with one attached hydrogen (secondary N) is 2. The van der Waals surface area contributed by atoms with Gasteiger partial charge in [0.25, 0.3) is 0 Å². The summed E-state index contributed by atoms with van der Waals surface area (Å²) in [5, 5.41) is 15.4. The fourth-order valence-corrected chi connectivity index (χ4v) is 9.38. The molecular formula is C54H54N14O6. The maximum absolute atomic E-state index is 13.4. The number of nitrogen functional groups attached to an aromatic ring is 1. The van der Waals surface area contributed by atoms with Gasteiger partial charge in [-0.2, -0.15) is 19.2 Å². The predicted octanol–water partition coefficient (Wildman–Crippen LogP) is 7.22. The molecule has 0 bridgehead atoms. The monoisotopic (exact) mass is 994 g/mol. The lowest BCUT2D eigenvalue weighted by atomic mass is 9.98. The number of carbonyl (C=O) groups is 4. The van der Waals surface area contributed by atoms with E-state index in [4.69, 9.17) is 30.3 Å². The minimum Gasteiger partial charge on any atom is -0.383 e. The second-order valence-corrected chi connectivity index (χ2v) is 18.9. The number of carbonyl (C=O) groups excluding carboxylic acids is 4. The first-order valence-corrected chi connectivity index (χ1v) is 24.9. The topological polar surface area (TPSA) is 233 Å². The second-order valence-electron chi connectivity index (χ2n) is 18.9. The normalized spacial score (nSPS) is 15.7. The zero-order chi connectivity index (χ0) is 50.5. The van der Waals surface area contributed by atoms with Gasteiger partial charge in [0.15, 0.2) is 22.9 Å². The molecule has 20 nitrogen and oxygen atoms in total. The summed E-state index contributed by atoms with van der Waals surface area (Å²) >= 11 is 0. The van der Waals surface area contributed by atoms with Crippen molar-refractivity contribution in [3.8, 4) is 0 Å². The maximum Gasteiger partial charge on any atom is 0.228 e. The molecule has 2 aromatic carbocycles. The van der Waals surface area contributed by atoms with E-state index in [0.29, 0.717) is 141 Å². The van der Waals surface area contributed by atoms with Gasteiger partial charge in [0.2, 0.25) is 11.8 Å². The van der Waals surface area contributed by atoms with Gasteiger partial charge in [0.1, 0.15) is 46.5 Å². The third kappa shape index (κ3) is 10.5. The number of pyridine rings is 2. The fourth-order valence-electron chi connectivity index (χ4n) is 9.38. The van der Waals surface area contributed by atoms with Crippen LogP contribution in [0.5, 0.6) is 0 Å². The molecule has 4 fully saturated rings. The molecule has 4 aliphatic heterocycles. The molecule has 0 unspecified atom stereocenters. The van der Waals surface area contributed by atoms with E-state index < -0.39 is 0 Å². The summed E-state index contributed by atoms with van der Waals surface area (Å²) in [5.41, 5.74) is 10.2. The molecule has 0 spiro atoms. The Hall–Kier alpha value is -8.62. The predicted molar refractivity (Wildman–Crippen MR) is 278 cm³/mol. The van der Waals surface area contributed by atoms with Crippen LogP contribution in [-0.4, -0.2) is 102 Å². The van der Waals surface area contributed by atoms with Crippen LogP contribution in [0.4, 0.5) is 46.5 Å². The summed E-state index contributed by atoms with van der Waals surface area (Å²) in [6.07, 6.45) is 6.64. The van der Waals surface area contributed by atoms with Crippen LogP contribution in [0.1, 0.15) is 70.4 Å². The van der Waals surface area contributed by atoms with Gasteiger partial charge in [-0.1, -0.05) is 72.8 Å². The van der Waals surface area contributed by atoms with Crippen molar-refractivity contribution in [1.29, 1.82) is 0 Å². The molecular weight excluding hydrogens is 941 g/mol. The summed E-state index contributed by atoms with van der Waals surface area (Å²) in [7, 11) is 0. The van der Waals surface area contributed by atoms with E-state index in [1.165, 1.54) is 10.7 Å². The highest BCUT2D eigenvalue weighted by atomic mass is 16.5. The van der Waals surface area contributed by atoms with Gasteiger partial charge >= 0.3 is 0 Å². The van der Waals surface area contributed by atoms with Crippen molar-refractivity contribution in [2.45, 2.75) is 51.6 Å². The molecule has 376 valence electrons. The zero-order valence-corrected chi connectivity index (χ0v) is 40.5. The van der Waals surface area contributed by atoms with E-state index in [0.717, 1.165) is 29.8 Å². The van der Waals surface area contributed by atoms with Crippen molar-refractivity contribution in [2.75, 3.05) is 70.6 Å². The zero-order valence-electron chi connectivity index (χ0n) is 40.5. The van der Waals surface area contributed by atoms with Crippen LogP contribution in [0, 0.1) is 11.8 Å². The highest BCUT2D eigenvalue weighted by Gasteiger charge is 2.29. The van der Waals surface area contributed by atoms with E-state index >= 15 is 0 Å². The average molecular weight is 995 g/mol. The molecule has 4 N–H and O–H groups in total. The average Bonchev–Trinajstić information content (AvgIpc) is 4.22. The summed E-state index contributed by atoms with van der Waals surface area (Å²) in [5.74, 6) is 4.95. The molecule has 2 amide bonds. The molecule has 0 aliphatic carbocycles. The first-order valence-electron chi connectivity index (χ1n) is 24.9. The van der Waals surface area contributed by atoms with E-state index in [9.17, 15) is 19.2 Å². The Labute approximate surface area is 425 Å². The number of fused-ring (bicyclic) bond motifs is 2. The lowest BCUT2D eigenvalue weighted by Crippen LogP contribution is -2.29. The van der Waals surface area contributed by atoms with Gasteiger partial charge in [-0.3, -0.25) is 29.0 Å². The summed E-state index contributed by atoms with van der Waals surface area (Å²) in [4.78, 5) is 74.8. The first-order chi connectivity index (χ1) is 36.2. The highest BCUT2D eigenvalue weighted by Crippen LogP contribution is 2.31. The van der Waals surface area contributed by atoms with E-state index in [1.807, 2.05) is 66.7 Å². The molecule has 0 atom stereocenters. The number of benzene rings is 2. The molecule has 8 aromatic rings. The number of aromatic nitrogens is 8. The van der Waals surface area contributed by atoms with Crippen molar-refractivity contribution in [1.82, 2.24) is 39.2 Å². The maximum atomic E-state index is 13.4. The van der Waals surface area contributed by atoms with E-state index in [2.05, 4.69) is 54.9 Å². The number of nitrogens with zero attached hydrogens (tertiary/aromatic N) is 11. The number of hydrogen-bond donors (Lipinski definition) is 3. The third-order valence-corrected chi connectivity index (χ3v) is 13.4. The number of hydrogen-bond acceptors (Lipinski definition) is 16. The van der Waals surface area contributed by atoms with Crippen LogP contribution in [0.25, 0.3) is 11.3 Å². The van der Waals surface area contributed by atoms with Crippen LogP contribution in [0.2, 0.25) is 0 Å². The molecule has 74 heavy (non-hydrogen) atoms. The van der Waals surface area contributed by atoms with Crippen LogP contribution < -0.4 is 31.1 Å². The number of Topliss-reactive ketones (excluding diaryl/α,β-unsaturated/α-hetero) is 2. The largest absolute Gasteiger partial charge is 0.383 e. The first kappa shape index (κ1) is 47.7. The molecule has 4 aliphatic rings. The Morgan fingerprint density at radius 1 is 0.581 bits per heavy atom. The smallest absolute Gasteiger partial charge is 0.228 e. The van der Waals surface area contributed by atoms with Crippen LogP contribution in [0.3, 0.4) is 0 Å². The number of amides is 2. The van der Waals surface area contributed by atoms with E-state index in [-0.39, 0.29) is 35.2 Å². The summed E-state index contributed by atoms with van der Waals surface area (Å²) < 4.78 is 13.7. The van der Waals surface area contributed by atoms with Gasteiger partial charge < -0.3 is 30.7 Å². The van der Waals surface area contributed by atoms with Gasteiger partial charge in [0, 0.05) is 75.8 Å². The SMILES string of the molecule is Nc1cc(Nc2cccc(N3CCCC3=O)n2)nc2c(C(=O)CC3COC3)cnn12.O=C(CC1COC1)c1cnn2c(N(Cc3ccccc3)Cc3ccccc3)cc(Nc3cccc(N4CCCC4=O)n3)nc12. The molecule has 20 heteroatoms. The molecule has 4 saturated heterocycles. The molecule has 0 saturated carbocycles. The van der Waals surface area contributed by atoms with Crippen LogP contribution >= 0.6 is 0 Å². The number of rotatable bonds is 17. The van der Waals surface area contributed by atoms with Crippen LogP contribution in [-0.2, 0) is 32.2 Å². The Bertz CT molecular complexity index is 3320. The molecule has 0 radical (unpaired) electrons. The number of nitrogens with two attached hydrogens (primary N) is 1. The molecule has 12 rings (SSSR count). The van der Waals surface area contributed by atoms with Crippen molar-refractivity contribution >= 4 is 81.2 Å². The van der Waals surface area contributed by atoms with Gasteiger partial charge in [0.05, 0.1) is 49.9 Å². The minimum atomic E-state index is -0.0324. The molecule has 6 aromatic heterocycles. The summed E-state index contributed by atoms with van der Waals surface area (Å²) in [6.45, 7) is 4.96. The quantitative estimate of drug-likeness (QED) is 0.0765. The van der Waals surface area contributed by atoms with Gasteiger partial charge in [-0.05, 0) is 48.2 Å². The summed E-state index contributed by atoms with van der Waals surface area (Å²) in [6, 6.07) is 35.1. The van der Waals surface area contributed by atoms with Crippen LogP contribution in [0.15, 0.2) is 122 Å². The van der Waals surface area contributed by atoms with Crippen molar-refractivity contribution < 1.29 is 28.7 Å². The third-order valence-electron chi connectivity index (χ3n) is 13.4. The Kier molecular flexibility index (Phi) is 13.7. The Morgan fingerprint density at radius 2 is 1.05 bits per heavy atom. The van der Waals surface area contributed by atoms with E-state index in [1.54, 1.807) is 38.7 Å². The van der Waals surface area contributed by atoms with Crippen molar-refractivity contribution in [3.05, 3.63) is 144 Å². The molecule has 10 heterocycles. The Balaban J connectivity index is 0.000000171. The number of anilines is 8. The Morgan fingerprint density at radius 3 is 1.51 bits per heavy atom. The second kappa shape index (κ2) is 21.2. The fraction of sp³-hybridized carbons (Fsp3) is 0.296. The lowest BCUT2D eigenvalue weighted by molar-refractivity contribution is -0.117. The van der Waals surface area contributed by atoms with Gasteiger partial charge in [-0.25, -0.2) is 19.9 Å². The standard InChI is InChI=1S/C34H33N7O3.C20H21N7O3/c42-28(17-26-22-44-23-26)27-19-35-41-32(39(20-24-9-3-1-4-10-24)21-25-11-5-2-6-12-25)18-30(38-34(27)41)36-29-13-7-14-31(37-29)40-16-8-15-33(40)43;21-15-8-17(23-16-3-1-4-18(24-16)26-6-2-5-19(26)29)25-20-13(9-22-27(15)20)14(28)7-12-10-30-11-12/h1-7,9-14,18-19,26H,8,15-17,20-23H2,(H,36,37,38);1,3-4,8-9,12H,2,5-7,10-11,21H2,(H,23,24,25). The minimum absolute atomic E-state index is 0.00534. The number of ether oxygens (including phenoxy) is 2. The van der Waals surface area contributed by atoms with Crippen molar-refractivity contribution in [2.24, 2.45) is 11.8 Å². The van der Waals surface area contributed by atoms with Gasteiger partial charge in [-0.15, -0.1) is 0 Å². The lowest BCUT2D eigenvalue weighted by Gasteiger charge is -2.26.